The Hall–Kier alpha value is -1.51. The van der Waals surface area contributed by atoms with Crippen molar-refractivity contribution in [2.75, 3.05) is 13.7 Å². The third-order valence-corrected chi connectivity index (χ3v) is 1.91. The number of methoxy groups -OCH3 is 1. The highest BCUT2D eigenvalue weighted by Crippen LogP contribution is 2.11. The molecule has 0 saturated carbocycles. The van der Waals surface area contributed by atoms with E-state index in [9.17, 15) is 0 Å². The highest BCUT2D eigenvalue weighted by molar-refractivity contribution is 5.82. The van der Waals surface area contributed by atoms with Gasteiger partial charge in [0, 0.05) is 13.0 Å². The molecule has 0 aromatic heterocycles. The minimum absolute atomic E-state index is 0.678. The molecule has 0 amide bonds. The Bertz CT molecular complexity index is 304. The van der Waals surface area contributed by atoms with Gasteiger partial charge in [0.05, 0.1) is 12.9 Å². The number of amidine groups is 1. The van der Waals surface area contributed by atoms with E-state index in [2.05, 4.69) is 4.99 Å². The molecular weight excluding hydrogens is 176 g/mol. The molecule has 0 heterocycles. The van der Waals surface area contributed by atoms with Crippen LogP contribution >= 0.6 is 0 Å². The van der Waals surface area contributed by atoms with Crippen molar-refractivity contribution >= 4 is 5.84 Å². The standard InChI is InChI=1S/C11H16N2O/c1-3-13-11(12)8-9-4-6-10(14-2)7-5-9/h4-7H,3,8H2,1-2H3,(H2,12,13). The molecular formula is C11H16N2O. The second kappa shape index (κ2) is 5.27. The van der Waals surface area contributed by atoms with Crippen LogP contribution in [0.15, 0.2) is 29.3 Å². The fourth-order valence-corrected chi connectivity index (χ4v) is 1.21. The summed E-state index contributed by atoms with van der Waals surface area (Å²) < 4.78 is 5.06. The van der Waals surface area contributed by atoms with Crippen molar-refractivity contribution in [3.8, 4) is 5.75 Å². The summed E-state index contributed by atoms with van der Waals surface area (Å²) in [5.74, 6) is 1.54. The lowest BCUT2D eigenvalue weighted by molar-refractivity contribution is 0.414. The molecule has 0 spiro atoms. The summed E-state index contributed by atoms with van der Waals surface area (Å²) in [6, 6.07) is 7.84. The second-order valence-corrected chi connectivity index (χ2v) is 2.99. The van der Waals surface area contributed by atoms with E-state index in [0.29, 0.717) is 12.3 Å². The van der Waals surface area contributed by atoms with Crippen LogP contribution in [0.2, 0.25) is 0 Å². The smallest absolute Gasteiger partial charge is 0.118 e. The molecule has 3 nitrogen and oxygen atoms in total. The van der Waals surface area contributed by atoms with Gasteiger partial charge in [0.1, 0.15) is 5.75 Å². The molecule has 0 aliphatic carbocycles. The summed E-state index contributed by atoms with van der Waals surface area (Å²) in [5.41, 5.74) is 6.86. The summed E-state index contributed by atoms with van der Waals surface area (Å²) in [6.07, 6.45) is 0.706. The first-order chi connectivity index (χ1) is 6.76. The molecule has 3 heteroatoms. The number of ether oxygens (including phenoxy) is 1. The van der Waals surface area contributed by atoms with E-state index < -0.39 is 0 Å². The first kappa shape index (κ1) is 10.6. The van der Waals surface area contributed by atoms with Gasteiger partial charge in [-0.1, -0.05) is 12.1 Å². The minimum Gasteiger partial charge on any atom is -0.497 e. The first-order valence-electron chi connectivity index (χ1n) is 4.68. The predicted octanol–water partition coefficient (Wildman–Crippen LogP) is 1.61. The maximum atomic E-state index is 5.71. The Morgan fingerprint density at radius 3 is 2.50 bits per heavy atom. The fourth-order valence-electron chi connectivity index (χ4n) is 1.21. The van der Waals surface area contributed by atoms with Crippen LogP contribution in [0.3, 0.4) is 0 Å². The number of rotatable bonds is 4. The molecule has 2 N–H and O–H groups in total. The van der Waals surface area contributed by atoms with E-state index in [1.165, 1.54) is 0 Å². The van der Waals surface area contributed by atoms with Gasteiger partial charge in [-0.3, -0.25) is 4.99 Å². The lowest BCUT2D eigenvalue weighted by atomic mass is 10.1. The van der Waals surface area contributed by atoms with Crippen molar-refractivity contribution in [1.29, 1.82) is 0 Å². The van der Waals surface area contributed by atoms with Crippen molar-refractivity contribution in [3.05, 3.63) is 29.8 Å². The molecule has 76 valence electrons. The van der Waals surface area contributed by atoms with Gasteiger partial charge in [0.25, 0.3) is 0 Å². The molecule has 1 aromatic carbocycles. The van der Waals surface area contributed by atoms with Gasteiger partial charge in [-0.25, -0.2) is 0 Å². The molecule has 0 atom stereocenters. The Balaban J connectivity index is 2.64. The normalized spacial score (nSPS) is 11.4. The summed E-state index contributed by atoms with van der Waals surface area (Å²) >= 11 is 0. The average Bonchev–Trinajstić information content (AvgIpc) is 2.19. The Morgan fingerprint density at radius 2 is 2.00 bits per heavy atom. The maximum Gasteiger partial charge on any atom is 0.118 e. The monoisotopic (exact) mass is 192 g/mol. The Kier molecular flexibility index (Phi) is 3.98. The quantitative estimate of drug-likeness (QED) is 0.582. The molecule has 0 aliphatic rings. The molecule has 0 saturated heterocycles. The summed E-state index contributed by atoms with van der Waals surface area (Å²) in [5, 5.41) is 0. The number of hydrogen-bond donors (Lipinski definition) is 1. The van der Waals surface area contributed by atoms with E-state index in [1.807, 2.05) is 31.2 Å². The lowest BCUT2D eigenvalue weighted by Gasteiger charge is -2.02. The molecule has 1 rings (SSSR count). The van der Waals surface area contributed by atoms with Crippen molar-refractivity contribution in [1.82, 2.24) is 0 Å². The molecule has 14 heavy (non-hydrogen) atoms. The van der Waals surface area contributed by atoms with Crippen LogP contribution in [0.4, 0.5) is 0 Å². The topological polar surface area (TPSA) is 47.6 Å². The zero-order chi connectivity index (χ0) is 10.4. The number of nitrogens with zero attached hydrogens (tertiary/aromatic N) is 1. The zero-order valence-corrected chi connectivity index (χ0v) is 8.66. The molecule has 0 unspecified atom stereocenters. The van der Waals surface area contributed by atoms with E-state index >= 15 is 0 Å². The number of benzene rings is 1. The van der Waals surface area contributed by atoms with Crippen LogP contribution in [-0.2, 0) is 6.42 Å². The van der Waals surface area contributed by atoms with Crippen molar-refractivity contribution in [3.63, 3.8) is 0 Å². The zero-order valence-electron chi connectivity index (χ0n) is 8.66. The molecule has 0 fully saturated rings. The van der Waals surface area contributed by atoms with Gasteiger partial charge in [0.15, 0.2) is 0 Å². The first-order valence-corrected chi connectivity index (χ1v) is 4.68. The van der Waals surface area contributed by atoms with Crippen LogP contribution in [0, 0.1) is 0 Å². The third kappa shape index (κ3) is 3.09. The molecule has 0 aliphatic heterocycles. The van der Waals surface area contributed by atoms with Crippen molar-refractivity contribution in [2.24, 2.45) is 10.7 Å². The van der Waals surface area contributed by atoms with Gasteiger partial charge in [0.2, 0.25) is 0 Å². The number of hydrogen-bond acceptors (Lipinski definition) is 2. The van der Waals surface area contributed by atoms with Gasteiger partial charge in [-0.2, -0.15) is 0 Å². The summed E-state index contributed by atoms with van der Waals surface area (Å²) in [7, 11) is 1.65. The van der Waals surface area contributed by atoms with Gasteiger partial charge < -0.3 is 10.5 Å². The van der Waals surface area contributed by atoms with Crippen molar-refractivity contribution in [2.45, 2.75) is 13.3 Å². The highest BCUT2D eigenvalue weighted by Gasteiger charge is 1.96. The van der Waals surface area contributed by atoms with Crippen molar-refractivity contribution < 1.29 is 4.74 Å². The van der Waals surface area contributed by atoms with Gasteiger partial charge >= 0.3 is 0 Å². The SMILES string of the molecule is CCN=C(N)Cc1ccc(OC)cc1. The van der Waals surface area contributed by atoms with Crippen LogP contribution < -0.4 is 10.5 Å². The Labute approximate surface area is 84.6 Å². The maximum absolute atomic E-state index is 5.71. The lowest BCUT2D eigenvalue weighted by Crippen LogP contribution is -2.15. The van der Waals surface area contributed by atoms with Gasteiger partial charge in [-0.15, -0.1) is 0 Å². The van der Waals surface area contributed by atoms with Crippen LogP contribution in [0.1, 0.15) is 12.5 Å². The largest absolute Gasteiger partial charge is 0.497 e. The van der Waals surface area contributed by atoms with E-state index in [4.69, 9.17) is 10.5 Å². The minimum atomic E-state index is 0.678. The Morgan fingerprint density at radius 1 is 1.36 bits per heavy atom. The van der Waals surface area contributed by atoms with Crippen LogP contribution in [-0.4, -0.2) is 19.5 Å². The van der Waals surface area contributed by atoms with Crippen LogP contribution in [0.5, 0.6) is 5.75 Å². The van der Waals surface area contributed by atoms with E-state index in [0.717, 1.165) is 17.9 Å². The fraction of sp³-hybridized carbons (Fsp3) is 0.364. The predicted molar refractivity (Wildman–Crippen MR) is 58.9 cm³/mol. The highest BCUT2D eigenvalue weighted by atomic mass is 16.5. The third-order valence-electron chi connectivity index (χ3n) is 1.91. The second-order valence-electron chi connectivity index (χ2n) is 2.99. The number of nitrogens with two attached hydrogens (primary N) is 1. The summed E-state index contributed by atoms with van der Waals surface area (Å²) in [4.78, 5) is 4.13. The molecule has 0 radical (unpaired) electrons. The average molecular weight is 192 g/mol. The molecule has 1 aromatic rings. The summed E-state index contributed by atoms with van der Waals surface area (Å²) in [6.45, 7) is 2.71. The van der Waals surface area contributed by atoms with E-state index in [1.54, 1.807) is 7.11 Å². The van der Waals surface area contributed by atoms with E-state index in [-0.39, 0.29) is 0 Å². The molecule has 0 bridgehead atoms. The number of aliphatic imine (C=N–C) groups is 1. The van der Waals surface area contributed by atoms with Gasteiger partial charge in [-0.05, 0) is 24.6 Å². The van der Waals surface area contributed by atoms with Crippen LogP contribution in [0.25, 0.3) is 0 Å².